The number of hydrogen-bond donors (Lipinski definition) is 0. The number of sulfone groups is 1. The largest absolute Gasteiger partial charge is 0.317 e. The molecular weight excluding hydrogens is 376 g/mol. The minimum atomic E-state index is -2.94. The van der Waals surface area contributed by atoms with Crippen molar-refractivity contribution in [2.75, 3.05) is 16.4 Å². The number of benzene rings is 2. The van der Waals surface area contributed by atoms with Gasteiger partial charge < -0.3 is 4.90 Å². The fourth-order valence-electron chi connectivity index (χ4n) is 3.61. The van der Waals surface area contributed by atoms with Crippen LogP contribution in [0.1, 0.15) is 23.6 Å². The van der Waals surface area contributed by atoms with Gasteiger partial charge in [0.25, 0.3) is 0 Å². The Morgan fingerprint density at radius 2 is 1.85 bits per heavy atom. The number of nitrogens with zero attached hydrogens (tertiary/aromatic N) is 2. The van der Waals surface area contributed by atoms with Crippen molar-refractivity contribution in [3.8, 4) is 0 Å². The van der Waals surface area contributed by atoms with Crippen molar-refractivity contribution in [1.82, 2.24) is 0 Å². The van der Waals surface area contributed by atoms with Gasteiger partial charge in [0.2, 0.25) is 0 Å². The highest BCUT2D eigenvalue weighted by atomic mass is 32.2. The van der Waals surface area contributed by atoms with Gasteiger partial charge in [0, 0.05) is 10.9 Å². The molecular formula is C21H24N2O2S2. The van der Waals surface area contributed by atoms with Crippen LogP contribution in [0, 0.1) is 6.92 Å². The van der Waals surface area contributed by atoms with Crippen LogP contribution in [0.2, 0.25) is 0 Å². The highest BCUT2D eigenvalue weighted by Gasteiger charge is 2.44. The van der Waals surface area contributed by atoms with Gasteiger partial charge in [0.1, 0.15) is 0 Å². The lowest BCUT2D eigenvalue weighted by atomic mass is 10.1. The number of aryl methyl sites for hydroxylation is 2. The van der Waals surface area contributed by atoms with E-state index >= 15 is 0 Å². The molecule has 0 aromatic heterocycles. The first-order chi connectivity index (χ1) is 12.9. The van der Waals surface area contributed by atoms with Crippen molar-refractivity contribution < 1.29 is 8.42 Å². The summed E-state index contributed by atoms with van der Waals surface area (Å²) < 4.78 is 23.8. The average molecular weight is 401 g/mol. The van der Waals surface area contributed by atoms with Crippen molar-refractivity contribution in [3.05, 3.63) is 65.2 Å². The summed E-state index contributed by atoms with van der Waals surface area (Å²) in [7, 11) is -2.94. The van der Waals surface area contributed by atoms with Gasteiger partial charge in [-0.2, -0.15) is 0 Å². The van der Waals surface area contributed by atoms with Gasteiger partial charge in [-0.15, -0.1) is 0 Å². The molecule has 0 amide bonds. The molecule has 2 aliphatic heterocycles. The Hall–Kier alpha value is -1.79. The molecule has 6 heteroatoms. The number of amidine groups is 1. The van der Waals surface area contributed by atoms with Crippen LogP contribution in [0.15, 0.2) is 53.5 Å². The van der Waals surface area contributed by atoms with Gasteiger partial charge >= 0.3 is 0 Å². The summed E-state index contributed by atoms with van der Waals surface area (Å²) in [6.07, 6.45) is 1.01. The van der Waals surface area contributed by atoms with E-state index in [2.05, 4.69) is 67.3 Å². The molecule has 142 valence electrons. The van der Waals surface area contributed by atoms with E-state index in [1.54, 1.807) is 11.8 Å². The smallest absolute Gasteiger partial charge is 0.164 e. The molecule has 1 saturated heterocycles. The minimum Gasteiger partial charge on any atom is -0.317 e. The zero-order valence-electron chi connectivity index (χ0n) is 15.6. The molecule has 4 rings (SSSR count). The molecule has 2 aromatic rings. The fourth-order valence-corrected chi connectivity index (χ4v) is 7.39. The third-order valence-electron chi connectivity index (χ3n) is 5.28. The lowest BCUT2D eigenvalue weighted by Crippen LogP contribution is -2.28. The molecule has 2 heterocycles. The minimum absolute atomic E-state index is 0.0549. The quantitative estimate of drug-likeness (QED) is 0.783. The summed E-state index contributed by atoms with van der Waals surface area (Å²) in [4.78, 5) is 7.05. The van der Waals surface area contributed by atoms with E-state index in [9.17, 15) is 8.42 Å². The predicted octanol–water partition coefficient (Wildman–Crippen LogP) is 3.83. The second kappa shape index (κ2) is 7.32. The summed E-state index contributed by atoms with van der Waals surface area (Å²) in [5, 5.41) is 0.992. The number of aliphatic imine (C=N–C) groups is 1. The van der Waals surface area contributed by atoms with Gasteiger partial charge in [0.15, 0.2) is 15.0 Å². The molecule has 0 aliphatic carbocycles. The summed E-state index contributed by atoms with van der Waals surface area (Å²) in [6, 6.07) is 16.9. The second-order valence-electron chi connectivity index (χ2n) is 7.24. The Morgan fingerprint density at radius 1 is 1.11 bits per heavy atom. The number of fused-ring (bicyclic) bond motifs is 1. The van der Waals surface area contributed by atoms with E-state index in [0.717, 1.165) is 23.8 Å². The van der Waals surface area contributed by atoms with E-state index in [0.29, 0.717) is 0 Å². The summed E-state index contributed by atoms with van der Waals surface area (Å²) in [6.45, 7) is 5.01. The Bertz CT molecular complexity index is 968. The van der Waals surface area contributed by atoms with Crippen LogP contribution in [-0.2, 0) is 22.8 Å². The maximum absolute atomic E-state index is 11.9. The van der Waals surface area contributed by atoms with Gasteiger partial charge in [-0.1, -0.05) is 55.1 Å². The average Bonchev–Trinajstić information content (AvgIpc) is 3.14. The Morgan fingerprint density at radius 3 is 2.52 bits per heavy atom. The maximum atomic E-state index is 11.9. The van der Waals surface area contributed by atoms with Crippen LogP contribution in [0.25, 0.3) is 0 Å². The van der Waals surface area contributed by atoms with Crippen LogP contribution >= 0.6 is 11.8 Å². The Labute approximate surface area is 165 Å². The molecule has 2 aromatic carbocycles. The third kappa shape index (κ3) is 3.92. The van der Waals surface area contributed by atoms with E-state index < -0.39 is 9.84 Å². The van der Waals surface area contributed by atoms with Crippen molar-refractivity contribution in [2.45, 2.75) is 38.1 Å². The zero-order chi connectivity index (χ0) is 19.0. The van der Waals surface area contributed by atoms with Crippen LogP contribution in [0.4, 0.5) is 5.69 Å². The maximum Gasteiger partial charge on any atom is 0.164 e. The molecule has 27 heavy (non-hydrogen) atoms. The molecule has 0 unspecified atom stereocenters. The first kappa shape index (κ1) is 18.6. The van der Waals surface area contributed by atoms with Gasteiger partial charge in [-0.25, -0.2) is 8.42 Å². The molecule has 0 radical (unpaired) electrons. The number of rotatable bonds is 4. The highest BCUT2D eigenvalue weighted by molar-refractivity contribution is 8.15. The van der Waals surface area contributed by atoms with Crippen molar-refractivity contribution >= 4 is 32.5 Å². The summed E-state index contributed by atoms with van der Waals surface area (Å²) in [5.74, 6) is 0.420. The summed E-state index contributed by atoms with van der Waals surface area (Å²) >= 11 is 1.62. The van der Waals surface area contributed by atoms with Gasteiger partial charge in [-0.05, 0) is 42.2 Å². The Kier molecular flexibility index (Phi) is 5.03. The normalized spacial score (nSPS) is 23.1. The number of hydrogen-bond acceptors (Lipinski definition) is 5. The van der Waals surface area contributed by atoms with E-state index in [1.807, 2.05) is 0 Å². The molecule has 0 saturated carbocycles. The predicted molar refractivity (Wildman–Crippen MR) is 114 cm³/mol. The Balaban J connectivity index is 1.67. The number of anilines is 1. The molecule has 0 N–H and O–H groups in total. The lowest BCUT2D eigenvalue weighted by Gasteiger charge is -2.26. The van der Waals surface area contributed by atoms with Crippen molar-refractivity contribution in [1.29, 1.82) is 0 Å². The van der Waals surface area contributed by atoms with Crippen LogP contribution in [0.5, 0.6) is 0 Å². The SMILES string of the molecule is CCc1ccc(N(Cc2ccccc2C)C2=N[C@H]3CS(=O)(=O)C[C@H]3S2)cc1. The molecule has 0 bridgehead atoms. The highest BCUT2D eigenvalue weighted by Crippen LogP contribution is 2.37. The molecule has 2 atom stereocenters. The van der Waals surface area contributed by atoms with Crippen LogP contribution in [0.3, 0.4) is 0 Å². The standard InChI is InChI=1S/C21H24N2O2S2/c1-3-16-8-10-18(11-9-16)23(12-17-7-5-4-6-15(17)2)21-22-19-13-27(24,25)14-20(19)26-21/h4-11,19-20H,3,12-14H2,1-2H3/t19-,20+/m0/s1. The topological polar surface area (TPSA) is 49.7 Å². The van der Waals surface area contributed by atoms with Gasteiger partial charge in [-0.3, -0.25) is 4.99 Å². The van der Waals surface area contributed by atoms with Crippen LogP contribution in [-0.4, -0.2) is 36.4 Å². The molecule has 4 nitrogen and oxygen atoms in total. The van der Waals surface area contributed by atoms with Crippen molar-refractivity contribution in [2.24, 2.45) is 4.99 Å². The van der Waals surface area contributed by atoms with E-state index in [4.69, 9.17) is 4.99 Å². The molecule has 1 fully saturated rings. The summed E-state index contributed by atoms with van der Waals surface area (Å²) in [5.41, 5.74) is 4.91. The van der Waals surface area contributed by atoms with E-state index in [-0.39, 0.29) is 22.8 Å². The monoisotopic (exact) mass is 400 g/mol. The third-order valence-corrected chi connectivity index (χ3v) is 8.53. The van der Waals surface area contributed by atoms with Crippen molar-refractivity contribution in [3.63, 3.8) is 0 Å². The number of thioether (sulfide) groups is 1. The van der Waals surface area contributed by atoms with E-state index in [1.165, 1.54) is 16.7 Å². The lowest BCUT2D eigenvalue weighted by molar-refractivity contribution is 0.601. The molecule has 2 aliphatic rings. The second-order valence-corrected chi connectivity index (χ2v) is 10.6. The van der Waals surface area contributed by atoms with Crippen LogP contribution < -0.4 is 4.90 Å². The first-order valence-electron chi connectivity index (χ1n) is 9.31. The zero-order valence-corrected chi connectivity index (χ0v) is 17.3. The first-order valence-corrected chi connectivity index (χ1v) is 12.0. The fraction of sp³-hybridized carbons (Fsp3) is 0.381. The molecule has 0 spiro atoms. The van der Waals surface area contributed by atoms with Gasteiger partial charge in [0.05, 0.1) is 24.1 Å².